The lowest BCUT2D eigenvalue weighted by Crippen LogP contribution is -2.18. The second-order valence-electron chi connectivity index (χ2n) is 4.32. The Morgan fingerprint density at radius 1 is 1.38 bits per heavy atom. The van der Waals surface area contributed by atoms with E-state index in [0.717, 1.165) is 36.8 Å². The summed E-state index contributed by atoms with van der Waals surface area (Å²) in [7, 11) is 0. The lowest BCUT2D eigenvalue weighted by atomic mass is 10.2. The molecule has 0 aromatic carbocycles. The van der Waals surface area contributed by atoms with E-state index in [1.165, 1.54) is 19.3 Å². The molecule has 1 aliphatic heterocycles. The molecule has 0 spiro atoms. The van der Waals surface area contributed by atoms with E-state index >= 15 is 0 Å². The summed E-state index contributed by atoms with van der Waals surface area (Å²) in [6.07, 6.45) is 7.91. The Morgan fingerprint density at radius 2 is 2.25 bits per heavy atom. The lowest BCUT2D eigenvalue weighted by molar-refractivity contribution is 0.555. The van der Waals surface area contributed by atoms with Crippen LogP contribution in [0, 0.1) is 0 Å². The third kappa shape index (κ3) is 2.58. The number of thioether (sulfide) groups is 1. The Hall–Kier alpha value is -0.550. The Bertz CT molecular complexity index is 337. The maximum absolute atomic E-state index is 6.16. The van der Waals surface area contributed by atoms with Crippen LogP contribution in [-0.2, 0) is 13.0 Å². The van der Waals surface area contributed by atoms with Gasteiger partial charge < -0.3 is 10.3 Å². The van der Waals surface area contributed by atoms with Crippen molar-refractivity contribution in [3.05, 3.63) is 11.6 Å². The molecule has 1 atom stereocenters. The minimum atomic E-state index is 0.0480. The van der Waals surface area contributed by atoms with Gasteiger partial charge in [-0.1, -0.05) is 6.42 Å². The number of hydrogen-bond donors (Lipinski definition) is 1. The first-order valence-corrected chi connectivity index (χ1v) is 7.39. The number of nitrogens with two attached hydrogens (primary N) is 1. The molecule has 1 aliphatic rings. The van der Waals surface area contributed by atoms with Gasteiger partial charge in [-0.25, -0.2) is 0 Å². The first kappa shape index (κ1) is 11.9. The number of nitrogens with zero attached hydrogens (tertiary/aromatic N) is 3. The van der Waals surface area contributed by atoms with Gasteiger partial charge in [-0.3, -0.25) is 0 Å². The molecule has 90 valence electrons. The molecule has 0 bridgehead atoms. The molecule has 2 rings (SSSR count). The maximum Gasteiger partial charge on any atom is 0.150 e. The van der Waals surface area contributed by atoms with Crippen LogP contribution in [0.1, 0.15) is 43.4 Å². The fraction of sp³-hybridized carbons (Fsp3) is 0.818. The summed E-state index contributed by atoms with van der Waals surface area (Å²) < 4.78 is 2.25. The highest BCUT2D eigenvalue weighted by atomic mass is 32.2. The van der Waals surface area contributed by atoms with E-state index in [4.69, 9.17) is 5.73 Å². The molecule has 0 amide bonds. The van der Waals surface area contributed by atoms with Crippen molar-refractivity contribution < 1.29 is 0 Å². The third-order valence-electron chi connectivity index (χ3n) is 3.10. The van der Waals surface area contributed by atoms with Crippen molar-refractivity contribution in [3.63, 3.8) is 0 Å². The molecule has 2 N–H and O–H groups in total. The van der Waals surface area contributed by atoms with Gasteiger partial charge in [-0.2, -0.15) is 11.8 Å². The standard InChI is InChI=1S/C11H20N4S/c1-16-8-6-9(12)11-14-13-10-5-3-2-4-7-15(10)11/h9H,2-8,12H2,1H3. The number of hydrogen-bond acceptors (Lipinski definition) is 4. The van der Waals surface area contributed by atoms with Crippen molar-refractivity contribution in [1.82, 2.24) is 14.8 Å². The predicted octanol–water partition coefficient (Wildman–Crippen LogP) is 1.76. The fourth-order valence-electron chi connectivity index (χ4n) is 2.16. The number of rotatable bonds is 4. The van der Waals surface area contributed by atoms with Crippen LogP contribution in [0.3, 0.4) is 0 Å². The molecule has 0 saturated heterocycles. The van der Waals surface area contributed by atoms with Crippen LogP contribution in [0.5, 0.6) is 0 Å². The number of aryl methyl sites for hydroxylation is 1. The Labute approximate surface area is 101 Å². The molecule has 1 aromatic rings. The molecule has 0 saturated carbocycles. The molecule has 1 unspecified atom stereocenters. The minimum Gasteiger partial charge on any atom is -0.321 e. The zero-order valence-electron chi connectivity index (χ0n) is 9.85. The Kier molecular flexibility index (Phi) is 4.23. The van der Waals surface area contributed by atoms with E-state index in [1.807, 2.05) is 11.8 Å². The number of aromatic nitrogens is 3. The SMILES string of the molecule is CSCCC(N)c1nnc2n1CCCCC2. The zero-order valence-corrected chi connectivity index (χ0v) is 10.7. The lowest BCUT2D eigenvalue weighted by Gasteiger charge is -2.12. The van der Waals surface area contributed by atoms with Crippen LogP contribution in [-0.4, -0.2) is 26.8 Å². The summed E-state index contributed by atoms with van der Waals surface area (Å²) in [4.78, 5) is 0. The van der Waals surface area contributed by atoms with E-state index < -0.39 is 0 Å². The van der Waals surface area contributed by atoms with Gasteiger partial charge in [0.25, 0.3) is 0 Å². The smallest absolute Gasteiger partial charge is 0.150 e. The first-order valence-electron chi connectivity index (χ1n) is 5.99. The molecule has 0 fully saturated rings. The van der Waals surface area contributed by atoms with Crippen molar-refractivity contribution in [2.45, 2.75) is 44.7 Å². The van der Waals surface area contributed by atoms with Crippen LogP contribution in [0.15, 0.2) is 0 Å². The highest BCUT2D eigenvalue weighted by Crippen LogP contribution is 2.20. The largest absolute Gasteiger partial charge is 0.321 e. The minimum absolute atomic E-state index is 0.0480. The summed E-state index contributed by atoms with van der Waals surface area (Å²) in [6.45, 7) is 1.05. The molecule has 16 heavy (non-hydrogen) atoms. The molecule has 0 radical (unpaired) electrons. The highest BCUT2D eigenvalue weighted by Gasteiger charge is 2.18. The van der Waals surface area contributed by atoms with E-state index in [1.54, 1.807) is 0 Å². The van der Waals surface area contributed by atoms with Crippen LogP contribution < -0.4 is 5.73 Å². The normalized spacial score (nSPS) is 17.9. The molecule has 2 heterocycles. The van der Waals surface area contributed by atoms with Gasteiger partial charge in [0, 0.05) is 13.0 Å². The number of fused-ring (bicyclic) bond motifs is 1. The van der Waals surface area contributed by atoms with E-state index in [9.17, 15) is 0 Å². The van der Waals surface area contributed by atoms with Crippen LogP contribution in [0.2, 0.25) is 0 Å². The molecule has 0 aliphatic carbocycles. The van der Waals surface area contributed by atoms with Crippen molar-refractivity contribution in [3.8, 4) is 0 Å². The summed E-state index contributed by atoms with van der Waals surface area (Å²) in [6, 6.07) is 0.0480. The van der Waals surface area contributed by atoms with E-state index in [2.05, 4.69) is 21.0 Å². The van der Waals surface area contributed by atoms with Gasteiger partial charge in [0.05, 0.1) is 6.04 Å². The van der Waals surface area contributed by atoms with Crippen molar-refractivity contribution >= 4 is 11.8 Å². The van der Waals surface area contributed by atoms with Crippen LogP contribution in [0.4, 0.5) is 0 Å². The third-order valence-corrected chi connectivity index (χ3v) is 3.75. The average molecular weight is 240 g/mol. The van der Waals surface area contributed by atoms with E-state index in [-0.39, 0.29) is 6.04 Å². The van der Waals surface area contributed by atoms with Gasteiger partial charge in [0.2, 0.25) is 0 Å². The van der Waals surface area contributed by atoms with E-state index in [0.29, 0.717) is 0 Å². The van der Waals surface area contributed by atoms with Crippen LogP contribution in [0.25, 0.3) is 0 Å². The monoisotopic (exact) mass is 240 g/mol. The maximum atomic E-state index is 6.16. The van der Waals surface area contributed by atoms with Crippen molar-refractivity contribution in [2.24, 2.45) is 5.73 Å². The summed E-state index contributed by atoms with van der Waals surface area (Å²) in [5.74, 6) is 3.21. The molecule has 5 heteroatoms. The molecular weight excluding hydrogens is 220 g/mol. The average Bonchev–Trinajstić information content (AvgIpc) is 2.55. The van der Waals surface area contributed by atoms with Gasteiger partial charge in [0.15, 0.2) is 0 Å². The summed E-state index contributed by atoms with van der Waals surface area (Å²) in [5, 5.41) is 8.54. The molecule has 4 nitrogen and oxygen atoms in total. The van der Waals surface area contributed by atoms with Crippen molar-refractivity contribution in [2.75, 3.05) is 12.0 Å². The first-order chi connectivity index (χ1) is 7.83. The van der Waals surface area contributed by atoms with Gasteiger partial charge in [0.1, 0.15) is 11.6 Å². The fourth-order valence-corrected chi connectivity index (χ4v) is 2.65. The topological polar surface area (TPSA) is 56.7 Å². The second kappa shape index (κ2) is 5.68. The molecular formula is C11H20N4S. The van der Waals surface area contributed by atoms with Gasteiger partial charge >= 0.3 is 0 Å². The van der Waals surface area contributed by atoms with Gasteiger partial charge in [-0.15, -0.1) is 10.2 Å². The zero-order chi connectivity index (χ0) is 11.4. The highest BCUT2D eigenvalue weighted by molar-refractivity contribution is 7.98. The predicted molar refractivity (Wildman–Crippen MR) is 67.5 cm³/mol. The van der Waals surface area contributed by atoms with Crippen LogP contribution >= 0.6 is 11.8 Å². The second-order valence-corrected chi connectivity index (χ2v) is 5.31. The molecule has 1 aromatic heterocycles. The van der Waals surface area contributed by atoms with Crippen molar-refractivity contribution in [1.29, 1.82) is 0 Å². The Morgan fingerprint density at radius 3 is 3.06 bits per heavy atom. The van der Waals surface area contributed by atoms with Gasteiger partial charge in [-0.05, 0) is 31.3 Å². The summed E-state index contributed by atoms with van der Waals surface area (Å²) in [5.41, 5.74) is 6.16. The summed E-state index contributed by atoms with van der Waals surface area (Å²) >= 11 is 1.83. The Balaban J connectivity index is 2.11. The quantitative estimate of drug-likeness (QED) is 0.871.